The number of rotatable bonds is 3. The molecule has 2 aromatic heterocycles. The summed E-state index contributed by atoms with van der Waals surface area (Å²) in [7, 11) is 0. The van der Waals surface area contributed by atoms with Gasteiger partial charge in [0.25, 0.3) is 0 Å². The van der Waals surface area contributed by atoms with Crippen molar-refractivity contribution in [2.75, 3.05) is 31.1 Å². The number of hydrogen-bond acceptors (Lipinski definition) is 4. The topological polar surface area (TPSA) is 56.8 Å². The molecule has 1 aromatic carbocycles. The lowest BCUT2D eigenvalue weighted by Crippen LogP contribution is -2.43. The summed E-state index contributed by atoms with van der Waals surface area (Å²) in [5.41, 5.74) is 4.30. The van der Waals surface area contributed by atoms with E-state index in [0.717, 1.165) is 59.4 Å². The van der Waals surface area contributed by atoms with Crippen molar-refractivity contribution in [1.82, 2.24) is 20.5 Å². The number of aromatic nitrogens is 3. The summed E-state index contributed by atoms with van der Waals surface area (Å²) in [6.45, 7) is 3.84. The molecule has 0 saturated carbocycles. The third-order valence-electron chi connectivity index (χ3n) is 4.27. The van der Waals surface area contributed by atoms with Crippen LogP contribution in [0.1, 0.15) is 0 Å². The minimum absolute atomic E-state index is 0. The lowest BCUT2D eigenvalue weighted by Gasteiger charge is -2.28. The Labute approximate surface area is 182 Å². The molecule has 27 heavy (non-hydrogen) atoms. The maximum absolute atomic E-state index is 6.03. The van der Waals surface area contributed by atoms with Gasteiger partial charge < -0.3 is 10.2 Å². The number of halogens is 4. The molecule has 3 heterocycles. The number of H-pyrrole nitrogens is 1. The van der Waals surface area contributed by atoms with Gasteiger partial charge in [-0.3, -0.25) is 10.1 Å². The molecular formula is C18H21Cl4N5. The molecule has 0 atom stereocenters. The van der Waals surface area contributed by atoms with E-state index in [2.05, 4.69) is 25.4 Å². The number of pyridine rings is 1. The van der Waals surface area contributed by atoms with Gasteiger partial charge in [0, 0.05) is 49.2 Å². The summed E-state index contributed by atoms with van der Waals surface area (Å²) in [6.07, 6.45) is 3.63. The van der Waals surface area contributed by atoms with Crippen LogP contribution in [0.15, 0.2) is 48.8 Å². The fourth-order valence-corrected chi connectivity index (χ4v) is 3.18. The van der Waals surface area contributed by atoms with E-state index in [0.29, 0.717) is 0 Å². The average molecular weight is 449 g/mol. The second-order valence-corrected chi connectivity index (χ2v) is 6.21. The van der Waals surface area contributed by atoms with Gasteiger partial charge in [-0.05, 0) is 29.8 Å². The van der Waals surface area contributed by atoms with Crippen LogP contribution in [-0.2, 0) is 0 Å². The monoisotopic (exact) mass is 447 g/mol. The first kappa shape index (κ1) is 23.5. The standard InChI is InChI=1S/C18H18ClN5.3ClH/c19-15-3-1-14(2-4-15)17-16(13-5-7-20-8-6-13)18(23-22-17)24-11-9-21-10-12-24;;;/h1-8,21H,9-12H2,(H,22,23);3*1H. The van der Waals surface area contributed by atoms with Crippen LogP contribution in [0.4, 0.5) is 5.82 Å². The molecule has 146 valence electrons. The van der Waals surface area contributed by atoms with Crippen molar-refractivity contribution in [1.29, 1.82) is 0 Å². The van der Waals surface area contributed by atoms with Crippen LogP contribution in [0.2, 0.25) is 5.02 Å². The highest BCUT2D eigenvalue weighted by atomic mass is 35.5. The number of nitrogens with one attached hydrogen (secondary N) is 2. The van der Waals surface area contributed by atoms with Gasteiger partial charge in [0.05, 0.1) is 11.3 Å². The Morgan fingerprint density at radius 1 is 0.852 bits per heavy atom. The Morgan fingerprint density at radius 2 is 1.48 bits per heavy atom. The molecule has 1 saturated heterocycles. The van der Waals surface area contributed by atoms with Crippen LogP contribution in [0.5, 0.6) is 0 Å². The van der Waals surface area contributed by atoms with E-state index in [1.54, 1.807) is 0 Å². The average Bonchev–Trinajstić information content (AvgIpc) is 3.09. The predicted molar refractivity (Wildman–Crippen MR) is 119 cm³/mol. The first-order chi connectivity index (χ1) is 11.8. The summed E-state index contributed by atoms with van der Waals surface area (Å²) in [4.78, 5) is 6.46. The van der Waals surface area contributed by atoms with Crippen molar-refractivity contribution in [3.8, 4) is 22.4 Å². The molecule has 0 unspecified atom stereocenters. The number of piperazine rings is 1. The molecule has 5 nitrogen and oxygen atoms in total. The van der Waals surface area contributed by atoms with E-state index in [1.807, 2.05) is 48.8 Å². The molecule has 0 spiro atoms. The lowest BCUT2D eigenvalue weighted by atomic mass is 10.0. The third kappa shape index (κ3) is 5.06. The smallest absolute Gasteiger partial charge is 0.159 e. The van der Waals surface area contributed by atoms with Crippen LogP contribution in [0.3, 0.4) is 0 Å². The molecule has 0 amide bonds. The SMILES string of the molecule is Cl.Cl.Cl.Clc1ccc(-c2[nH]nc(N3CCNCC3)c2-c2ccncc2)cc1. The minimum Gasteiger partial charge on any atom is -0.352 e. The van der Waals surface area contributed by atoms with Crippen molar-refractivity contribution >= 4 is 54.6 Å². The van der Waals surface area contributed by atoms with Crippen LogP contribution >= 0.6 is 48.8 Å². The highest BCUT2D eigenvalue weighted by Crippen LogP contribution is 2.38. The van der Waals surface area contributed by atoms with E-state index in [-0.39, 0.29) is 37.2 Å². The Bertz CT molecular complexity index is 818. The summed E-state index contributed by atoms with van der Waals surface area (Å²) in [5, 5.41) is 12.0. The van der Waals surface area contributed by atoms with E-state index in [9.17, 15) is 0 Å². The second-order valence-electron chi connectivity index (χ2n) is 5.78. The second kappa shape index (κ2) is 10.7. The number of benzene rings is 1. The molecule has 3 aromatic rings. The van der Waals surface area contributed by atoms with Crippen molar-refractivity contribution in [3.05, 3.63) is 53.8 Å². The number of hydrogen-bond donors (Lipinski definition) is 2. The minimum atomic E-state index is 0. The van der Waals surface area contributed by atoms with Crippen LogP contribution in [-0.4, -0.2) is 41.4 Å². The molecule has 1 fully saturated rings. The third-order valence-corrected chi connectivity index (χ3v) is 4.52. The van der Waals surface area contributed by atoms with Gasteiger partial charge in [0.2, 0.25) is 0 Å². The van der Waals surface area contributed by atoms with Gasteiger partial charge in [-0.15, -0.1) is 37.2 Å². The van der Waals surface area contributed by atoms with E-state index < -0.39 is 0 Å². The Balaban J connectivity index is 0.00000121. The van der Waals surface area contributed by atoms with Crippen molar-refractivity contribution < 1.29 is 0 Å². The first-order valence-electron chi connectivity index (χ1n) is 8.03. The summed E-state index contributed by atoms with van der Waals surface area (Å²) >= 11 is 6.03. The van der Waals surface area contributed by atoms with Gasteiger partial charge in [-0.2, -0.15) is 5.10 Å². The van der Waals surface area contributed by atoms with E-state index >= 15 is 0 Å². The van der Waals surface area contributed by atoms with Crippen molar-refractivity contribution in [2.24, 2.45) is 0 Å². The van der Waals surface area contributed by atoms with Gasteiger partial charge in [-0.25, -0.2) is 0 Å². The summed E-state index contributed by atoms with van der Waals surface area (Å²) in [5.74, 6) is 0.993. The molecule has 0 radical (unpaired) electrons. The number of anilines is 1. The fourth-order valence-electron chi connectivity index (χ4n) is 3.06. The van der Waals surface area contributed by atoms with Crippen LogP contribution in [0, 0.1) is 0 Å². The zero-order valence-electron chi connectivity index (χ0n) is 14.4. The van der Waals surface area contributed by atoms with Gasteiger partial charge >= 0.3 is 0 Å². The highest BCUT2D eigenvalue weighted by Gasteiger charge is 2.22. The highest BCUT2D eigenvalue weighted by molar-refractivity contribution is 6.30. The quantitative estimate of drug-likeness (QED) is 0.620. The fraction of sp³-hybridized carbons (Fsp3) is 0.222. The maximum Gasteiger partial charge on any atom is 0.159 e. The van der Waals surface area contributed by atoms with Crippen molar-refractivity contribution in [3.63, 3.8) is 0 Å². The lowest BCUT2D eigenvalue weighted by molar-refractivity contribution is 0.585. The largest absolute Gasteiger partial charge is 0.352 e. The zero-order chi connectivity index (χ0) is 16.4. The summed E-state index contributed by atoms with van der Waals surface area (Å²) in [6, 6.07) is 11.9. The molecule has 0 bridgehead atoms. The molecular weight excluding hydrogens is 428 g/mol. The molecule has 2 N–H and O–H groups in total. The molecule has 1 aliphatic rings. The maximum atomic E-state index is 6.03. The molecule has 0 aliphatic carbocycles. The van der Waals surface area contributed by atoms with Crippen molar-refractivity contribution in [2.45, 2.75) is 0 Å². The van der Waals surface area contributed by atoms with Gasteiger partial charge in [0.1, 0.15) is 0 Å². The van der Waals surface area contributed by atoms with E-state index in [4.69, 9.17) is 11.6 Å². The molecule has 9 heteroatoms. The van der Waals surface area contributed by atoms with Gasteiger partial charge in [0.15, 0.2) is 5.82 Å². The Morgan fingerprint density at radius 3 is 2.11 bits per heavy atom. The molecule has 1 aliphatic heterocycles. The van der Waals surface area contributed by atoms with E-state index in [1.165, 1.54) is 0 Å². The molecule has 4 rings (SSSR count). The predicted octanol–water partition coefficient (Wildman–Crippen LogP) is 4.47. The first-order valence-corrected chi connectivity index (χ1v) is 8.41. The van der Waals surface area contributed by atoms with Crippen LogP contribution < -0.4 is 10.2 Å². The van der Waals surface area contributed by atoms with Crippen LogP contribution in [0.25, 0.3) is 22.4 Å². The number of nitrogens with zero attached hydrogens (tertiary/aromatic N) is 3. The Hall–Kier alpha value is -1.50. The zero-order valence-corrected chi connectivity index (χ0v) is 17.6. The summed E-state index contributed by atoms with van der Waals surface area (Å²) < 4.78 is 0. The normalized spacial score (nSPS) is 13.1. The van der Waals surface area contributed by atoms with Gasteiger partial charge in [-0.1, -0.05) is 23.7 Å². The Kier molecular flexibility index (Phi) is 9.36. The number of aromatic amines is 1.